The normalized spacial score (nSPS) is 18.7. The fraction of sp³-hybridized carbons (Fsp3) is 0.467. The van der Waals surface area contributed by atoms with Gasteiger partial charge >= 0.3 is 0 Å². The van der Waals surface area contributed by atoms with Gasteiger partial charge in [-0.3, -0.25) is 0 Å². The molecule has 1 aromatic heterocycles. The summed E-state index contributed by atoms with van der Waals surface area (Å²) in [4.78, 5) is 6.50. The van der Waals surface area contributed by atoms with E-state index in [1.807, 2.05) is 37.3 Å². The maximum Gasteiger partial charge on any atom is 0.218 e. The van der Waals surface area contributed by atoms with Gasteiger partial charge in [0, 0.05) is 37.7 Å². The van der Waals surface area contributed by atoms with E-state index in [0.29, 0.717) is 6.54 Å². The highest BCUT2D eigenvalue weighted by atomic mass is 32.2. The lowest BCUT2D eigenvalue weighted by Crippen LogP contribution is -2.39. The van der Waals surface area contributed by atoms with Gasteiger partial charge in [-0.25, -0.2) is 13.4 Å². The van der Waals surface area contributed by atoms with Crippen LogP contribution >= 0.6 is 11.5 Å². The van der Waals surface area contributed by atoms with Gasteiger partial charge in [-0.05, 0) is 18.9 Å². The molecule has 1 saturated heterocycles. The minimum absolute atomic E-state index is 0.0204. The number of likely N-dealkylation sites (N-methyl/N-ethyl adjacent to an activating group) is 1. The molecule has 1 unspecified atom stereocenters. The maximum absolute atomic E-state index is 12.6. The number of hydrogen-bond acceptors (Lipinski definition) is 6. The topological polar surface area (TPSA) is 66.4 Å². The molecular formula is C15H20N4O2S2. The number of anilines is 1. The average molecular weight is 352 g/mol. The molecule has 8 heteroatoms. The molecule has 2 heterocycles. The van der Waals surface area contributed by atoms with Gasteiger partial charge in [0.2, 0.25) is 15.2 Å². The Morgan fingerprint density at radius 2 is 2.09 bits per heavy atom. The van der Waals surface area contributed by atoms with Gasteiger partial charge < -0.3 is 4.90 Å². The van der Waals surface area contributed by atoms with E-state index in [1.54, 1.807) is 7.05 Å². The zero-order valence-electron chi connectivity index (χ0n) is 13.2. The molecular weight excluding hydrogens is 332 g/mol. The lowest BCUT2D eigenvalue weighted by molar-refractivity contribution is 0.389. The first-order chi connectivity index (χ1) is 11.0. The number of sulfonamides is 1. The fourth-order valence-electron chi connectivity index (χ4n) is 2.74. The molecule has 1 atom stereocenters. The highest BCUT2D eigenvalue weighted by Gasteiger charge is 2.33. The molecule has 1 aliphatic heterocycles. The number of hydrogen-bond donors (Lipinski definition) is 0. The molecule has 0 radical (unpaired) electrons. The Kier molecular flexibility index (Phi) is 4.65. The van der Waals surface area contributed by atoms with Gasteiger partial charge in [0.15, 0.2) is 0 Å². The van der Waals surface area contributed by atoms with Crippen LogP contribution in [0.2, 0.25) is 0 Å². The second-order valence-electron chi connectivity index (χ2n) is 5.77. The van der Waals surface area contributed by atoms with Crippen LogP contribution in [-0.4, -0.2) is 48.3 Å². The van der Waals surface area contributed by atoms with Crippen molar-refractivity contribution in [1.82, 2.24) is 13.7 Å². The van der Waals surface area contributed by atoms with E-state index in [0.717, 1.165) is 29.5 Å². The van der Waals surface area contributed by atoms with Crippen molar-refractivity contribution in [3.05, 3.63) is 41.7 Å². The van der Waals surface area contributed by atoms with E-state index in [2.05, 4.69) is 14.3 Å². The molecule has 1 fully saturated rings. The molecule has 1 aliphatic rings. The molecule has 0 bridgehead atoms. The van der Waals surface area contributed by atoms with Crippen LogP contribution in [0.3, 0.4) is 0 Å². The Morgan fingerprint density at radius 1 is 1.35 bits per heavy atom. The molecule has 0 aliphatic carbocycles. The number of rotatable bonds is 5. The number of aryl methyl sites for hydroxylation is 1. The molecule has 3 rings (SSSR count). The third-order valence-electron chi connectivity index (χ3n) is 4.10. The van der Waals surface area contributed by atoms with E-state index >= 15 is 0 Å². The third-order valence-corrected chi connectivity index (χ3v) is 6.84. The van der Waals surface area contributed by atoms with Gasteiger partial charge in [0.1, 0.15) is 5.82 Å². The van der Waals surface area contributed by atoms with Gasteiger partial charge in [0.05, 0.1) is 5.75 Å². The molecule has 6 nitrogen and oxygen atoms in total. The van der Waals surface area contributed by atoms with Crippen LogP contribution in [0, 0.1) is 6.92 Å². The maximum atomic E-state index is 12.6. The second-order valence-corrected chi connectivity index (χ2v) is 8.53. The van der Waals surface area contributed by atoms with E-state index in [-0.39, 0.29) is 11.8 Å². The molecule has 23 heavy (non-hydrogen) atoms. The van der Waals surface area contributed by atoms with E-state index in [1.165, 1.54) is 15.8 Å². The van der Waals surface area contributed by atoms with Crippen molar-refractivity contribution in [2.75, 3.05) is 25.0 Å². The van der Waals surface area contributed by atoms with Crippen LogP contribution in [0.25, 0.3) is 0 Å². The molecule has 0 saturated carbocycles. The van der Waals surface area contributed by atoms with Crippen LogP contribution in [0.5, 0.6) is 0 Å². The Bertz CT molecular complexity index is 761. The number of nitrogens with zero attached hydrogens (tertiary/aromatic N) is 4. The quantitative estimate of drug-likeness (QED) is 0.822. The SMILES string of the molecule is Cc1nsc(N2CCC(N(C)S(=O)(=O)Cc3ccccc3)C2)n1. The van der Waals surface area contributed by atoms with Crippen molar-refractivity contribution in [3.8, 4) is 0 Å². The summed E-state index contributed by atoms with van der Waals surface area (Å²) in [6.45, 7) is 3.34. The predicted octanol–water partition coefficient (Wildman–Crippen LogP) is 1.89. The summed E-state index contributed by atoms with van der Waals surface area (Å²) in [6, 6.07) is 9.28. The Hall–Kier alpha value is -1.51. The highest BCUT2D eigenvalue weighted by molar-refractivity contribution is 7.88. The lowest BCUT2D eigenvalue weighted by Gasteiger charge is -2.24. The first-order valence-corrected chi connectivity index (χ1v) is 9.89. The van der Waals surface area contributed by atoms with Gasteiger partial charge in [-0.1, -0.05) is 30.3 Å². The van der Waals surface area contributed by atoms with E-state index in [4.69, 9.17) is 0 Å². The van der Waals surface area contributed by atoms with Crippen LogP contribution in [-0.2, 0) is 15.8 Å². The lowest BCUT2D eigenvalue weighted by atomic mass is 10.2. The summed E-state index contributed by atoms with van der Waals surface area (Å²) in [5, 5.41) is 0.874. The summed E-state index contributed by atoms with van der Waals surface area (Å²) in [5.74, 6) is 0.803. The van der Waals surface area contributed by atoms with Crippen LogP contribution in [0.15, 0.2) is 30.3 Å². The predicted molar refractivity (Wildman–Crippen MR) is 92.1 cm³/mol. The average Bonchev–Trinajstić information content (AvgIpc) is 3.15. The molecule has 0 amide bonds. The molecule has 1 aromatic carbocycles. The van der Waals surface area contributed by atoms with Crippen molar-refractivity contribution in [1.29, 1.82) is 0 Å². The van der Waals surface area contributed by atoms with Crippen molar-refractivity contribution in [2.24, 2.45) is 0 Å². The fourth-order valence-corrected chi connectivity index (χ4v) is 4.89. The minimum Gasteiger partial charge on any atom is -0.345 e. The Balaban J connectivity index is 1.67. The summed E-state index contributed by atoms with van der Waals surface area (Å²) in [7, 11) is -1.64. The third kappa shape index (κ3) is 3.70. The molecule has 0 spiro atoms. The summed E-state index contributed by atoms with van der Waals surface area (Å²) in [6.07, 6.45) is 0.809. The van der Waals surface area contributed by atoms with Crippen molar-refractivity contribution >= 4 is 26.7 Å². The Morgan fingerprint density at radius 3 is 2.74 bits per heavy atom. The first kappa shape index (κ1) is 16.4. The summed E-state index contributed by atoms with van der Waals surface area (Å²) >= 11 is 1.37. The van der Waals surface area contributed by atoms with Crippen LogP contribution < -0.4 is 4.90 Å². The largest absolute Gasteiger partial charge is 0.345 e. The molecule has 124 valence electrons. The highest BCUT2D eigenvalue weighted by Crippen LogP contribution is 2.25. The Labute approximate surface area is 141 Å². The monoisotopic (exact) mass is 352 g/mol. The second kappa shape index (κ2) is 6.54. The number of aromatic nitrogens is 2. The van der Waals surface area contributed by atoms with Crippen molar-refractivity contribution < 1.29 is 8.42 Å². The smallest absolute Gasteiger partial charge is 0.218 e. The zero-order chi connectivity index (χ0) is 16.4. The summed E-state index contributed by atoms with van der Waals surface area (Å²) < 4.78 is 30.9. The standard InChI is InChI=1S/C15H20N4O2S2/c1-12-16-15(22-17-12)19-9-8-14(10-19)18(2)23(20,21)11-13-6-4-3-5-7-13/h3-7,14H,8-11H2,1-2H3. The zero-order valence-corrected chi connectivity index (χ0v) is 14.8. The van der Waals surface area contributed by atoms with E-state index in [9.17, 15) is 8.42 Å². The van der Waals surface area contributed by atoms with Gasteiger partial charge in [0.25, 0.3) is 0 Å². The first-order valence-electron chi connectivity index (χ1n) is 7.50. The van der Waals surface area contributed by atoms with Gasteiger partial charge in [-0.15, -0.1) is 0 Å². The van der Waals surface area contributed by atoms with E-state index < -0.39 is 10.0 Å². The summed E-state index contributed by atoms with van der Waals surface area (Å²) in [5.41, 5.74) is 0.814. The van der Waals surface area contributed by atoms with Gasteiger partial charge in [-0.2, -0.15) is 8.68 Å². The van der Waals surface area contributed by atoms with Crippen LogP contribution in [0.4, 0.5) is 5.13 Å². The minimum atomic E-state index is -3.32. The van der Waals surface area contributed by atoms with Crippen molar-refractivity contribution in [3.63, 3.8) is 0 Å². The van der Waals surface area contributed by atoms with Crippen LogP contribution in [0.1, 0.15) is 17.8 Å². The number of benzene rings is 1. The molecule has 2 aromatic rings. The van der Waals surface area contributed by atoms with Crippen molar-refractivity contribution in [2.45, 2.75) is 25.1 Å². The molecule has 0 N–H and O–H groups in total.